The van der Waals surface area contributed by atoms with Gasteiger partial charge in [-0.25, -0.2) is 0 Å². The highest BCUT2D eigenvalue weighted by Gasteiger charge is 2.23. The van der Waals surface area contributed by atoms with Crippen LogP contribution in [0.5, 0.6) is 0 Å². The summed E-state index contributed by atoms with van der Waals surface area (Å²) in [6.45, 7) is 4.89. The highest BCUT2D eigenvalue weighted by Crippen LogP contribution is 2.12. The van der Waals surface area contributed by atoms with E-state index in [4.69, 9.17) is 16.4 Å². The maximum absolute atomic E-state index is 11.2. The second-order valence-corrected chi connectivity index (χ2v) is 3.34. The van der Waals surface area contributed by atoms with Gasteiger partial charge in [0.15, 0.2) is 5.60 Å². The molecule has 0 aromatic rings. The molecule has 0 aliphatic carbocycles. The number of carbonyl (C=O) groups is 1. The molecule has 1 atom stereocenters. The molecule has 3 nitrogen and oxygen atoms in total. The average molecular weight is 179 g/mol. The molecule has 0 aromatic heterocycles. The van der Waals surface area contributed by atoms with Crippen molar-refractivity contribution in [3.8, 4) is 18.4 Å². The van der Waals surface area contributed by atoms with Gasteiger partial charge in [-0.05, 0) is 13.8 Å². The molecule has 0 saturated carbocycles. The molecule has 0 bridgehead atoms. The lowest BCUT2D eigenvalue weighted by atomic mass is 10.1. The number of rotatable bonds is 3. The fraction of sp³-hybridized carbons (Fsp3) is 0.600. The van der Waals surface area contributed by atoms with Crippen LogP contribution in [0, 0.1) is 29.6 Å². The second-order valence-electron chi connectivity index (χ2n) is 3.34. The number of esters is 1. The zero-order valence-electron chi connectivity index (χ0n) is 8.13. The van der Waals surface area contributed by atoms with Crippen LogP contribution in [0.15, 0.2) is 0 Å². The molecule has 0 N–H and O–H groups in total. The summed E-state index contributed by atoms with van der Waals surface area (Å²) in [5.74, 6) is 1.50. The molecule has 0 aliphatic heterocycles. The fourth-order valence-corrected chi connectivity index (χ4v) is 0.602. The van der Waals surface area contributed by atoms with Crippen molar-refractivity contribution in [2.45, 2.75) is 32.8 Å². The van der Waals surface area contributed by atoms with Gasteiger partial charge >= 0.3 is 5.97 Å². The minimum atomic E-state index is -0.888. The van der Waals surface area contributed by atoms with Gasteiger partial charge in [-0.2, -0.15) is 5.26 Å². The van der Waals surface area contributed by atoms with Gasteiger partial charge in [0.05, 0.1) is 12.0 Å². The van der Waals surface area contributed by atoms with Gasteiger partial charge in [0.2, 0.25) is 0 Å². The van der Waals surface area contributed by atoms with Gasteiger partial charge in [-0.1, -0.05) is 12.8 Å². The van der Waals surface area contributed by atoms with E-state index in [2.05, 4.69) is 5.92 Å². The maximum Gasteiger partial charge on any atom is 0.311 e. The Morgan fingerprint density at radius 3 is 2.62 bits per heavy atom. The first-order valence-electron chi connectivity index (χ1n) is 4.00. The van der Waals surface area contributed by atoms with Crippen LogP contribution in [0.3, 0.4) is 0 Å². The van der Waals surface area contributed by atoms with E-state index < -0.39 is 17.5 Å². The molecular formula is C10H13NO2. The van der Waals surface area contributed by atoms with E-state index in [0.717, 1.165) is 0 Å². The zero-order valence-corrected chi connectivity index (χ0v) is 8.13. The van der Waals surface area contributed by atoms with E-state index in [9.17, 15) is 4.79 Å². The molecule has 13 heavy (non-hydrogen) atoms. The van der Waals surface area contributed by atoms with Crippen LogP contribution < -0.4 is 0 Å². The average Bonchev–Trinajstić information content (AvgIpc) is 2.04. The van der Waals surface area contributed by atoms with Gasteiger partial charge in [0.1, 0.15) is 0 Å². The second kappa shape index (κ2) is 4.52. The van der Waals surface area contributed by atoms with E-state index in [-0.39, 0.29) is 6.42 Å². The predicted molar refractivity (Wildman–Crippen MR) is 48.4 cm³/mol. The van der Waals surface area contributed by atoms with Crippen molar-refractivity contribution in [2.75, 3.05) is 0 Å². The van der Waals surface area contributed by atoms with Crippen LogP contribution in [0.2, 0.25) is 0 Å². The highest BCUT2D eigenvalue weighted by atomic mass is 16.6. The lowest BCUT2D eigenvalue weighted by Crippen LogP contribution is -2.29. The van der Waals surface area contributed by atoms with Crippen molar-refractivity contribution in [1.29, 1.82) is 5.26 Å². The number of hydrogen-bond donors (Lipinski definition) is 0. The Bertz CT molecular complexity index is 268. The molecule has 0 heterocycles. The molecule has 0 fully saturated rings. The van der Waals surface area contributed by atoms with E-state index >= 15 is 0 Å². The summed E-state index contributed by atoms with van der Waals surface area (Å²) in [7, 11) is 0. The summed E-state index contributed by atoms with van der Waals surface area (Å²) in [5.41, 5.74) is -0.888. The Hall–Kier alpha value is -1.48. The standard InChI is InChI=1S/C10H13NO2/c1-5-10(3,4)13-9(12)8(2)6-7-11/h1,8H,6H2,2-4H3. The number of hydrogen-bond acceptors (Lipinski definition) is 3. The number of nitriles is 1. The minimum absolute atomic E-state index is 0.152. The Balaban J connectivity index is 4.19. The van der Waals surface area contributed by atoms with E-state index in [1.54, 1.807) is 20.8 Å². The molecule has 0 amide bonds. The number of nitrogens with zero attached hydrogens (tertiary/aromatic N) is 1. The quantitative estimate of drug-likeness (QED) is 0.487. The van der Waals surface area contributed by atoms with E-state index in [1.807, 2.05) is 6.07 Å². The normalized spacial score (nSPS) is 12.4. The summed E-state index contributed by atoms with van der Waals surface area (Å²) < 4.78 is 4.98. The Morgan fingerprint density at radius 2 is 2.23 bits per heavy atom. The maximum atomic E-state index is 11.2. The van der Waals surface area contributed by atoms with Crippen LogP contribution >= 0.6 is 0 Å². The molecule has 70 valence electrons. The molecule has 1 unspecified atom stereocenters. The lowest BCUT2D eigenvalue weighted by molar-refractivity contribution is -0.156. The van der Waals surface area contributed by atoms with Crippen LogP contribution in [-0.4, -0.2) is 11.6 Å². The highest BCUT2D eigenvalue weighted by molar-refractivity contribution is 5.73. The summed E-state index contributed by atoms with van der Waals surface area (Å²) in [5, 5.41) is 8.34. The van der Waals surface area contributed by atoms with Crippen LogP contribution in [-0.2, 0) is 9.53 Å². The van der Waals surface area contributed by atoms with Crippen LogP contribution in [0.25, 0.3) is 0 Å². The third-order valence-corrected chi connectivity index (χ3v) is 1.50. The van der Waals surface area contributed by atoms with Crippen molar-refractivity contribution in [1.82, 2.24) is 0 Å². The number of carbonyl (C=O) groups excluding carboxylic acids is 1. The smallest absolute Gasteiger partial charge is 0.311 e. The SMILES string of the molecule is C#CC(C)(C)OC(=O)C(C)CC#N. The third kappa shape index (κ3) is 4.18. The molecule has 0 aliphatic rings. The fourth-order valence-electron chi connectivity index (χ4n) is 0.602. The van der Waals surface area contributed by atoms with Gasteiger partial charge in [-0.15, -0.1) is 6.42 Å². The molecule has 0 rings (SSSR count). The van der Waals surface area contributed by atoms with Crippen molar-refractivity contribution < 1.29 is 9.53 Å². The summed E-state index contributed by atoms with van der Waals surface area (Å²) in [6.07, 6.45) is 5.29. The Kier molecular flexibility index (Phi) is 4.01. The Labute approximate surface area is 78.7 Å². The molecule has 3 heteroatoms. The largest absolute Gasteiger partial charge is 0.446 e. The number of terminal acetylenes is 1. The Morgan fingerprint density at radius 1 is 1.69 bits per heavy atom. The topological polar surface area (TPSA) is 50.1 Å². The molecule has 0 radical (unpaired) electrons. The molecule has 0 aromatic carbocycles. The summed E-state index contributed by atoms with van der Waals surface area (Å²) in [4.78, 5) is 11.2. The van der Waals surface area contributed by atoms with Crippen molar-refractivity contribution in [3.05, 3.63) is 0 Å². The van der Waals surface area contributed by atoms with Gasteiger partial charge in [-0.3, -0.25) is 4.79 Å². The molecule has 0 spiro atoms. The van der Waals surface area contributed by atoms with E-state index in [0.29, 0.717) is 0 Å². The summed E-state index contributed by atoms with van der Waals surface area (Å²) >= 11 is 0. The number of ether oxygens (including phenoxy) is 1. The third-order valence-electron chi connectivity index (χ3n) is 1.50. The predicted octanol–water partition coefficient (Wildman–Crippen LogP) is 1.49. The van der Waals surface area contributed by atoms with Gasteiger partial charge in [0, 0.05) is 6.42 Å². The van der Waals surface area contributed by atoms with Crippen LogP contribution in [0.4, 0.5) is 0 Å². The monoisotopic (exact) mass is 179 g/mol. The molecular weight excluding hydrogens is 166 g/mol. The van der Waals surface area contributed by atoms with Gasteiger partial charge in [0.25, 0.3) is 0 Å². The lowest BCUT2D eigenvalue weighted by Gasteiger charge is -2.20. The summed E-state index contributed by atoms with van der Waals surface area (Å²) in [6, 6.07) is 1.90. The van der Waals surface area contributed by atoms with Crippen LogP contribution in [0.1, 0.15) is 27.2 Å². The van der Waals surface area contributed by atoms with Crippen molar-refractivity contribution >= 4 is 5.97 Å². The first kappa shape index (κ1) is 11.5. The van der Waals surface area contributed by atoms with Crippen molar-refractivity contribution in [3.63, 3.8) is 0 Å². The van der Waals surface area contributed by atoms with E-state index in [1.165, 1.54) is 0 Å². The van der Waals surface area contributed by atoms with Gasteiger partial charge < -0.3 is 4.74 Å². The first-order chi connectivity index (χ1) is 5.93. The minimum Gasteiger partial charge on any atom is -0.446 e. The first-order valence-corrected chi connectivity index (χ1v) is 4.00. The van der Waals surface area contributed by atoms with Crippen molar-refractivity contribution in [2.24, 2.45) is 5.92 Å². The molecule has 0 saturated heterocycles. The zero-order chi connectivity index (χ0) is 10.5.